The first-order valence-corrected chi connectivity index (χ1v) is 5.10. The standard InChI is InChI=1S/C12H10ClNO2/c1-16-12-6-10(14-11(12)7-15)8-2-4-9(13)5-3-8/h2-7,14H,1H3. The van der Waals surface area contributed by atoms with Gasteiger partial charge >= 0.3 is 0 Å². The molecule has 0 spiro atoms. The summed E-state index contributed by atoms with van der Waals surface area (Å²) in [6.07, 6.45) is 0.734. The highest BCUT2D eigenvalue weighted by atomic mass is 35.5. The van der Waals surface area contributed by atoms with E-state index in [1.165, 1.54) is 7.11 Å². The number of aromatic nitrogens is 1. The number of hydrogen-bond donors (Lipinski definition) is 1. The summed E-state index contributed by atoms with van der Waals surface area (Å²) < 4.78 is 5.07. The number of carbonyl (C=O) groups is 1. The van der Waals surface area contributed by atoms with E-state index in [1.807, 2.05) is 12.1 Å². The number of ether oxygens (including phenoxy) is 1. The molecule has 16 heavy (non-hydrogen) atoms. The van der Waals surface area contributed by atoms with Crippen LogP contribution < -0.4 is 4.74 Å². The summed E-state index contributed by atoms with van der Waals surface area (Å²) in [5.41, 5.74) is 2.22. The minimum Gasteiger partial charge on any atom is -0.494 e. The van der Waals surface area contributed by atoms with E-state index >= 15 is 0 Å². The molecule has 0 aliphatic carbocycles. The molecule has 82 valence electrons. The molecule has 0 aliphatic heterocycles. The summed E-state index contributed by atoms with van der Waals surface area (Å²) in [6, 6.07) is 9.13. The number of methoxy groups -OCH3 is 1. The van der Waals surface area contributed by atoms with Gasteiger partial charge < -0.3 is 9.72 Å². The van der Waals surface area contributed by atoms with Crippen molar-refractivity contribution in [2.45, 2.75) is 0 Å². The Morgan fingerprint density at radius 1 is 1.31 bits per heavy atom. The maximum Gasteiger partial charge on any atom is 0.170 e. The van der Waals surface area contributed by atoms with E-state index in [1.54, 1.807) is 18.2 Å². The third-order valence-corrected chi connectivity index (χ3v) is 2.56. The minimum atomic E-state index is 0.437. The van der Waals surface area contributed by atoms with Crippen LogP contribution in [0.15, 0.2) is 30.3 Å². The van der Waals surface area contributed by atoms with Crippen LogP contribution in [0, 0.1) is 0 Å². The molecule has 1 aromatic heterocycles. The Morgan fingerprint density at radius 3 is 2.50 bits per heavy atom. The van der Waals surface area contributed by atoms with Gasteiger partial charge in [0.1, 0.15) is 11.4 Å². The van der Waals surface area contributed by atoms with Gasteiger partial charge in [0.15, 0.2) is 6.29 Å². The molecule has 0 saturated carbocycles. The number of H-pyrrole nitrogens is 1. The molecule has 4 heteroatoms. The SMILES string of the molecule is COc1cc(-c2ccc(Cl)cc2)[nH]c1C=O. The Kier molecular flexibility index (Phi) is 2.97. The lowest BCUT2D eigenvalue weighted by atomic mass is 10.2. The predicted octanol–water partition coefficient (Wildman–Crippen LogP) is 3.16. The molecule has 0 unspecified atom stereocenters. The van der Waals surface area contributed by atoms with E-state index in [0.29, 0.717) is 16.5 Å². The summed E-state index contributed by atoms with van der Waals surface area (Å²) in [5.74, 6) is 0.542. The fraction of sp³-hybridized carbons (Fsp3) is 0.0833. The largest absolute Gasteiger partial charge is 0.494 e. The summed E-state index contributed by atoms with van der Waals surface area (Å²) in [7, 11) is 1.53. The van der Waals surface area contributed by atoms with Crippen molar-refractivity contribution in [3.05, 3.63) is 41.0 Å². The zero-order chi connectivity index (χ0) is 11.5. The molecule has 1 heterocycles. The first-order valence-electron chi connectivity index (χ1n) is 4.72. The van der Waals surface area contributed by atoms with E-state index in [9.17, 15) is 4.79 Å². The highest BCUT2D eigenvalue weighted by molar-refractivity contribution is 6.30. The summed E-state index contributed by atoms with van der Waals surface area (Å²) in [5, 5.41) is 0.679. The number of carbonyl (C=O) groups excluding carboxylic acids is 1. The van der Waals surface area contributed by atoms with Gasteiger partial charge in [-0.2, -0.15) is 0 Å². The maximum absolute atomic E-state index is 10.8. The molecule has 2 aromatic rings. The van der Waals surface area contributed by atoms with Crippen LogP contribution in [0.25, 0.3) is 11.3 Å². The van der Waals surface area contributed by atoms with E-state index < -0.39 is 0 Å². The number of aldehydes is 1. The zero-order valence-electron chi connectivity index (χ0n) is 8.66. The molecular weight excluding hydrogens is 226 g/mol. The average Bonchev–Trinajstić information content (AvgIpc) is 2.73. The highest BCUT2D eigenvalue weighted by Crippen LogP contribution is 2.26. The van der Waals surface area contributed by atoms with Crippen LogP contribution in [0.3, 0.4) is 0 Å². The Balaban J connectivity index is 2.44. The van der Waals surface area contributed by atoms with E-state index in [0.717, 1.165) is 17.5 Å². The van der Waals surface area contributed by atoms with Gasteiger partial charge in [-0.1, -0.05) is 23.7 Å². The van der Waals surface area contributed by atoms with Gasteiger partial charge in [0.05, 0.1) is 7.11 Å². The lowest BCUT2D eigenvalue weighted by Gasteiger charge is -1.96. The molecule has 0 fully saturated rings. The van der Waals surface area contributed by atoms with Crippen LogP contribution in [0.5, 0.6) is 5.75 Å². The van der Waals surface area contributed by atoms with Gasteiger partial charge in [-0.15, -0.1) is 0 Å². The Morgan fingerprint density at radius 2 is 2.00 bits per heavy atom. The van der Waals surface area contributed by atoms with Crippen LogP contribution in [0.4, 0.5) is 0 Å². The molecule has 1 N–H and O–H groups in total. The third-order valence-electron chi connectivity index (χ3n) is 2.30. The number of nitrogens with one attached hydrogen (secondary N) is 1. The molecular formula is C12H10ClNO2. The van der Waals surface area contributed by atoms with Crippen LogP contribution in [0.1, 0.15) is 10.5 Å². The maximum atomic E-state index is 10.8. The number of hydrogen-bond acceptors (Lipinski definition) is 2. The predicted molar refractivity (Wildman–Crippen MR) is 63.2 cm³/mol. The minimum absolute atomic E-state index is 0.437. The second-order valence-corrected chi connectivity index (χ2v) is 3.73. The van der Waals surface area contributed by atoms with E-state index in [-0.39, 0.29) is 0 Å². The molecule has 1 aromatic carbocycles. The van der Waals surface area contributed by atoms with Crippen LogP contribution >= 0.6 is 11.6 Å². The van der Waals surface area contributed by atoms with Crippen molar-refractivity contribution in [3.8, 4) is 17.0 Å². The van der Waals surface area contributed by atoms with E-state index in [2.05, 4.69) is 4.98 Å². The van der Waals surface area contributed by atoms with Gasteiger partial charge in [-0.05, 0) is 17.7 Å². The van der Waals surface area contributed by atoms with Crippen molar-refractivity contribution in [3.63, 3.8) is 0 Å². The molecule has 0 saturated heterocycles. The molecule has 0 amide bonds. The van der Waals surface area contributed by atoms with Crippen molar-refractivity contribution >= 4 is 17.9 Å². The molecule has 0 aliphatic rings. The normalized spacial score (nSPS) is 10.1. The number of benzene rings is 1. The van der Waals surface area contributed by atoms with Gasteiger partial charge in [-0.25, -0.2) is 0 Å². The third kappa shape index (κ3) is 1.95. The Bertz CT molecular complexity index is 502. The zero-order valence-corrected chi connectivity index (χ0v) is 9.41. The van der Waals surface area contributed by atoms with Gasteiger partial charge in [0, 0.05) is 16.8 Å². The Labute approximate surface area is 98.0 Å². The first-order chi connectivity index (χ1) is 7.74. The lowest BCUT2D eigenvalue weighted by molar-refractivity contribution is 0.111. The van der Waals surface area contributed by atoms with Crippen molar-refractivity contribution in [1.82, 2.24) is 4.98 Å². The smallest absolute Gasteiger partial charge is 0.170 e. The quantitative estimate of drug-likeness (QED) is 0.831. The second-order valence-electron chi connectivity index (χ2n) is 3.29. The first kappa shape index (κ1) is 10.8. The molecule has 2 rings (SSSR count). The van der Waals surface area contributed by atoms with Crippen LogP contribution in [-0.4, -0.2) is 18.4 Å². The van der Waals surface area contributed by atoms with Crippen molar-refractivity contribution in [1.29, 1.82) is 0 Å². The van der Waals surface area contributed by atoms with Crippen molar-refractivity contribution in [2.75, 3.05) is 7.11 Å². The molecule has 0 radical (unpaired) electrons. The van der Waals surface area contributed by atoms with Crippen LogP contribution in [-0.2, 0) is 0 Å². The number of aromatic amines is 1. The summed E-state index contributed by atoms with van der Waals surface area (Å²) in [6.45, 7) is 0. The monoisotopic (exact) mass is 235 g/mol. The van der Waals surface area contributed by atoms with Crippen molar-refractivity contribution in [2.24, 2.45) is 0 Å². The molecule has 0 atom stereocenters. The second kappa shape index (κ2) is 4.41. The average molecular weight is 236 g/mol. The van der Waals surface area contributed by atoms with Crippen molar-refractivity contribution < 1.29 is 9.53 Å². The lowest BCUT2D eigenvalue weighted by Crippen LogP contribution is -1.86. The fourth-order valence-corrected chi connectivity index (χ4v) is 1.62. The van der Waals surface area contributed by atoms with Gasteiger partial charge in [0.2, 0.25) is 0 Å². The molecule has 3 nitrogen and oxygen atoms in total. The summed E-state index contributed by atoms with van der Waals surface area (Å²) in [4.78, 5) is 13.7. The summed E-state index contributed by atoms with van der Waals surface area (Å²) >= 11 is 5.80. The number of rotatable bonds is 3. The number of halogens is 1. The fourth-order valence-electron chi connectivity index (χ4n) is 1.49. The topological polar surface area (TPSA) is 42.1 Å². The molecule has 0 bridgehead atoms. The van der Waals surface area contributed by atoms with Gasteiger partial charge in [0.25, 0.3) is 0 Å². The highest BCUT2D eigenvalue weighted by Gasteiger charge is 2.08. The Hall–Kier alpha value is -1.74. The van der Waals surface area contributed by atoms with Crippen LogP contribution in [0.2, 0.25) is 5.02 Å². The van der Waals surface area contributed by atoms with E-state index in [4.69, 9.17) is 16.3 Å². The van der Waals surface area contributed by atoms with Gasteiger partial charge in [-0.3, -0.25) is 4.79 Å².